The van der Waals surface area contributed by atoms with Crippen molar-refractivity contribution in [1.29, 1.82) is 5.26 Å². The highest BCUT2D eigenvalue weighted by molar-refractivity contribution is 6.04. The standard InChI is InChI=1S/C13H14N2O3/c1-8(2)11(13(17)18)12(16)15-10-5-3-9(7-14)4-6-10/h3-6,8,11H,1-2H3,(H,15,16)(H,17,18). The van der Waals surface area contributed by atoms with Crippen molar-refractivity contribution in [2.75, 3.05) is 5.32 Å². The van der Waals surface area contributed by atoms with Gasteiger partial charge in [-0.2, -0.15) is 5.26 Å². The van der Waals surface area contributed by atoms with Gasteiger partial charge in [0, 0.05) is 5.69 Å². The van der Waals surface area contributed by atoms with Crippen LogP contribution in [0.25, 0.3) is 0 Å². The lowest BCUT2D eigenvalue weighted by atomic mass is 9.95. The molecule has 1 rings (SSSR count). The predicted molar refractivity (Wildman–Crippen MR) is 65.8 cm³/mol. The molecular weight excluding hydrogens is 232 g/mol. The second kappa shape index (κ2) is 5.82. The van der Waals surface area contributed by atoms with Crippen LogP contribution in [0.5, 0.6) is 0 Å². The summed E-state index contributed by atoms with van der Waals surface area (Å²) < 4.78 is 0. The number of benzene rings is 1. The molecular formula is C13H14N2O3. The Bertz CT molecular complexity index is 486. The number of carboxylic acids is 1. The number of nitriles is 1. The van der Waals surface area contributed by atoms with Crippen molar-refractivity contribution < 1.29 is 14.7 Å². The van der Waals surface area contributed by atoms with E-state index in [-0.39, 0.29) is 5.92 Å². The van der Waals surface area contributed by atoms with Crippen LogP contribution in [0.2, 0.25) is 0 Å². The number of rotatable bonds is 4. The summed E-state index contributed by atoms with van der Waals surface area (Å²) in [6.07, 6.45) is 0. The van der Waals surface area contributed by atoms with Gasteiger partial charge in [0.25, 0.3) is 0 Å². The van der Waals surface area contributed by atoms with Gasteiger partial charge in [0.05, 0.1) is 11.6 Å². The molecule has 2 N–H and O–H groups in total. The fraction of sp³-hybridized carbons (Fsp3) is 0.308. The molecule has 5 nitrogen and oxygen atoms in total. The molecule has 1 unspecified atom stereocenters. The summed E-state index contributed by atoms with van der Waals surface area (Å²) in [6.45, 7) is 3.36. The van der Waals surface area contributed by atoms with Crippen LogP contribution >= 0.6 is 0 Å². The van der Waals surface area contributed by atoms with Crippen LogP contribution in [-0.4, -0.2) is 17.0 Å². The molecule has 1 aromatic rings. The van der Waals surface area contributed by atoms with E-state index in [4.69, 9.17) is 10.4 Å². The first-order chi connectivity index (χ1) is 8.45. The fourth-order valence-corrected chi connectivity index (χ4v) is 1.55. The van der Waals surface area contributed by atoms with Crippen molar-refractivity contribution in [2.24, 2.45) is 11.8 Å². The molecule has 0 fully saturated rings. The van der Waals surface area contributed by atoms with Crippen LogP contribution in [0.1, 0.15) is 19.4 Å². The third kappa shape index (κ3) is 3.32. The second-order valence-corrected chi connectivity index (χ2v) is 4.24. The summed E-state index contributed by atoms with van der Waals surface area (Å²) in [5.74, 6) is -3.07. The van der Waals surface area contributed by atoms with Crippen molar-refractivity contribution in [1.82, 2.24) is 0 Å². The van der Waals surface area contributed by atoms with Gasteiger partial charge >= 0.3 is 5.97 Å². The molecule has 1 aromatic carbocycles. The Morgan fingerprint density at radius 3 is 2.22 bits per heavy atom. The first-order valence-electron chi connectivity index (χ1n) is 5.49. The summed E-state index contributed by atoms with van der Waals surface area (Å²) in [4.78, 5) is 22.8. The van der Waals surface area contributed by atoms with Crippen LogP contribution in [0.4, 0.5) is 5.69 Å². The molecule has 5 heteroatoms. The predicted octanol–water partition coefficient (Wildman–Crippen LogP) is 1.85. The van der Waals surface area contributed by atoms with Crippen LogP contribution in [0.15, 0.2) is 24.3 Å². The van der Waals surface area contributed by atoms with E-state index < -0.39 is 17.8 Å². The summed E-state index contributed by atoms with van der Waals surface area (Å²) in [7, 11) is 0. The summed E-state index contributed by atoms with van der Waals surface area (Å²) in [6, 6.07) is 8.20. The quantitative estimate of drug-likeness (QED) is 0.793. The number of carbonyl (C=O) groups excluding carboxylic acids is 1. The lowest BCUT2D eigenvalue weighted by Crippen LogP contribution is -2.33. The normalized spacial score (nSPS) is 11.7. The molecule has 0 saturated heterocycles. The monoisotopic (exact) mass is 246 g/mol. The van der Waals surface area contributed by atoms with E-state index in [0.717, 1.165) is 0 Å². The van der Waals surface area contributed by atoms with Crippen molar-refractivity contribution >= 4 is 17.6 Å². The van der Waals surface area contributed by atoms with Crippen molar-refractivity contribution in [2.45, 2.75) is 13.8 Å². The van der Waals surface area contributed by atoms with E-state index in [0.29, 0.717) is 11.3 Å². The molecule has 0 aliphatic rings. The molecule has 0 aliphatic carbocycles. The summed E-state index contributed by atoms with van der Waals surface area (Å²) in [5.41, 5.74) is 0.956. The van der Waals surface area contributed by atoms with Crippen LogP contribution in [0.3, 0.4) is 0 Å². The number of nitrogens with one attached hydrogen (secondary N) is 1. The van der Waals surface area contributed by atoms with Gasteiger partial charge in [-0.3, -0.25) is 9.59 Å². The van der Waals surface area contributed by atoms with E-state index in [1.165, 1.54) is 0 Å². The lowest BCUT2D eigenvalue weighted by Gasteiger charge is -2.15. The molecule has 1 atom stereocenters. The first-order valence-corrected chi connectivity index (χ1v) is 5.49. The number of nitrogens with zero attached hydrogens (tertiary/aromatic N) is 1. The zero-order valence-corrected chi connectivity index (χ0v) is 10.2. The maximum absolute atomic E-state index is 11.8. The zero-order chi connectivity index (χ0) is 13.7. The first kappa shape index (κ1) is 13.7. The van der Waals surface area contributed by atoms with E-state index in [2.05, 4.69) is 5.32 Å². The molecule has 1 amide bonds. The number of carboxylic acid groups (broad SMARTS) is 1. The minimum absolute atomic E-state index is 0.291. The van der Waals surface area contributed by atoms with Crippen LogP contribution < -0.4 is 5.32 Å². The highest BCUT2D eigenvalue weighted by Crippen LogP contribution is 2.15. The molecule has 0 radical (unpaired) electrons. The average Bonchev–Trinajstić information content (AvgIpc) is 2.28. The molecule has 94 valence electrons. The number of aliphatic carboxylic acids is 1. The average molecular weight is 246 g/mol. The highest BCUT2D eigenvalue weighted by atomic mass is 16.4. The Hall–Kier alpha value is -2.35. The minimum Gasteiger partial charge on any atom is -0.481 e. The highest BCUT2D eigenvalue weighted by Gasteiger charge is 2.29. The zero-order valence-electron chi connectivity index (χ0n) is 10.2. The van der Waals surface area contributed by atoms with Crippen molar-refractivity contribution in [3.63, 3.8) is 0 Å². The van der Waals surface area contributed by atoms with Gasteiger partial charge in [-0.05, 0) is 30.2 Å². The third-order valence-corrected chi connectivity index (χ3v) is 2.50. The van der Waals surface area contributed by atoms with E-state index in [9.17, 15) is 9.59 Å². The SMILES string of the molecule is CC(C)C(C(=O)O)C(=O)Nc1ccc(C#N)cc1. The number of carbonyl (C=O) groups is 2. The van der Waals surface area contributed by atoms with Gasteiger partial charge in [0.15, 0.2) is 0 Å². The van der Waals surface area contributed by atoms with Gasteiger partial charge in [0.2, 0.25) is 5.91 Å². The maximum atomic E-state index is 11.8. The van der Waals surface area contributed by atoms with Gasteiger partial charge in [-0.15, -0.1) is 0 Å². The Kier molecular flexibility index (Phi) is 4.44. The minimum atomic E-state index is -1.14. The maximum Gasteiger partial charge on any atom is 0.316 e. The van der Waals surface area contributed by atoms with E-state index in [1.54, 1.807) is 38.1 Å². The lowest BCUT2D eigenvalue weighted by molar-refractivity contribution is -0.147. The topological polar surface area (TPSA) is 90.2 Å². The summed E-state index contributed by atoms with van der Waals surface area (Å²) >= 11 is 0. The Labute approximate surface area is 105 Å². The Balaban J connectivity index is 2.80. The van der Waals surface area contributed by atoms with Gasteiger partial charge in [-0.25, -0.2) is 0 Å². The smallest absolute Gasteiger partial charge is 0.316 e. The molecule has 0 bridgehead atoms. The molecule has 0 heterocycles. The van der Waals surface area contributed by atoms with Gasteiger partial charge < -0.3 is 10.4 Å². The number of anilines is 1. The molecule has 18 heavy (non-hydrogen) atoms. The van der Waals surface area contributed by atoms with Gasteiger partial charge in [-0.1, -0.05) is 13.8 Å². The molecule has 0 saturated carbocycles. The Morgan fingerprint density at radius 2 is 1.83 bits per heavy atom. The van der Waals surface area contributed by atoms with Crippen molar-refractivity contribution in [3.8, 4) is 6.07 Å². The summed E-state index contributed by atoms with van der Waals surface area (Å²) in [5, 5.41) is 20.1. The van der Waals surface area contributed by atoms with Crippen LogP contribution in [0, 0.1) is 23.2 Å². The molecule has 0 aliphatic heterocycles. The second-order valence-electron chi connectivity index (χ2n) is 4.24. The van der Waals surface area contributed by atoms with Gasteiger partial charge in [0.1, 0.15) is 5.92 Å². The van der Waals surface area contributed by atoms with E-state index in [1.807, 2.05) is 6.07 Å². The largest absolute Gasteiger partial charge is 0.481 e. The number of amides is 1. The molecule has 0 aromatic heterocycles. The Morgan fingerprint density at radius 1 is 1.28 bits per heavy atom. The number of hydrogen-bond acceptors (Lipinski definition) is 3. The fourth-order valence-electron chi connectivity index (χ4n) is 1.55. The third-order valence-electron chi connectivity index (χ3n) is 2.50. The van der Waals surface area contributed by atoms with E-state index >= 15 is 0 Å². The van der Waals surface area contributed by atoms with Crippen LogP contribution in [-0.2, 0) is 9.59 Å². The van der Waals surface area contributed by atoms with Crippen molar-refractivity contribution in [3.05, 3.63) is 29.8 Å². The number of hydrogen-bond donors (Lipinski definition) is 2. The molecule has 0 spiro atoms.